The van der Waals surface area contributed by atoms with E-state index in [0.29, 0.717) is 5.92 Å². The van der Waals surface area contributed by atoms with Crippen molar-refractivity contribution in [3.05, 3.63) is 46.2 Å². The maximum Gasteiger partial charge on any atom is 0.266 e. The summed E-state index contributed by atoms with van der Waals surface area (Å²) in [6.07, 6.45) is 0. The van der Waals surface area contributed by atoms with E-state index in [-0.39, 0.29) is 5.56 Å². The van der Waals surface area contributed by atoms with Gasteiger partial charge in [-0.15, -0.1) is 0 Å². The Hall–Kier alpha value is -1.97. The van der Waals surface area contributed by atoms with Crippen molar-refractivity contribution in [3.63, 3.8) is 0 Å². The van der Waals surface area contributed by atoms with Gasteiger partial charge >= 0.3 is 0 Å². The summed E-state index contributed by atoms with van der Waals surface area (Å²) in [5.41, 5.74) is 2.18. The Morgan fingerprint density at radius 1 is 1.24 bits per heavy atom. The van der Waals surface area contributed by atoms with Gasteiger partial charge in [0.15, 0.2) is 0 Å². The molecule has 0 saturated carbocycles. The normalized spacial score (nSPS) is 10.8. The summed E-state index contributed by atoms with van der Waals surface area (Å²) in [7, 11) is 1.80. The summed E-state index contributed by atoms with van der Waals surface area (Å²) in [5, 5.41) is 5.85. The lowest BCUT2D eigenvalue weighted by molar-refractivity contribution is 0.765. The van der Waals surface area contributed by atoms with E-state index in [0.717, 1.165) is 11.5 Å². The van der Waals surface area contributed by atoms with Crippen LogP contribution in [0.4, 0.5) is 11.5 Å². The molecule has 0 radical (unpaired) electrons. The highest BCUT2D eigenvalue weighted by Gasteiger charge is 2.02. The second-order valence-corrected chi connectivity index (χ2v) is 4.47. The number of anilines is 2. The molecule has 1 aromatic heterocycles. The predicted octanol–water partition coefficient (Wildman–Crippen LogP) is 2.58. The summed E-state index contributed by atoms with van der Waals surface area (Å²) in [6, 6.07) is 9.77. The summed E-state index contributed by atoms with van der Waals surface area (Å²) in [4.78, 5) is 11.1. The van der Waals surface area contributed by atoms with Crippen LogP contribution in [0.2, 0.25) is 0 Å². The predicted molar refractivity (Wildman–Crippen MR) is 69.8 cm³/mol. The Morgan fingerprint density at radius 2 is 1.88 bits per heavy atom. The van der Waals surface area contributed by atoms with Crippen LogP contribution in [0.15, 0.2) is 35.1 Å². The molecule has 4 heteroatoms. The summed E-state index contributed by atoms with van der Waals surface area (Å²) in [5.74, 6) is 1.29. The van der Waals surface area contributed by atoms with Crippen molar-refractivity contribution in [1.82, 2.24) is 9.78 Å². The average Bonchev–Trinajstić information content (AvgIpc) is 2.58. The molecule has 2 rings (SSSR count). The van der Waals surface area contributed by atoms with Crippen LogP contribution in [0.5, 0.6) is 0 Å². The van der Waals surface area contributed by atoms with Crippen molar-refractivity contribution < 1.29 is 0 Å². The smallest absolute Gasteiger partial charge is 0.266 e. The van der Waals surface area contributed by atoms with Crippen LogP contribution >= 0.6 is 0 Å². The zero-order valence-electron chi connectivity index (χ0n) is 10.3. The van der Waals surface area contributed by atoms with E-state index in [1.807, 2.05) is 12.1 Å². The third kappa shape index (κ3) is 2.58. The quantitative estimate of drug-likeness (QED) is 0.853. The number of aryl methyl sites for hydroxylation is 1. The van der Waals surface area contributed by atoms with Gasteiger partial charge in [0.2, 0.25) is 0 Å². The molecule has 1 heterocycles. The Labute approximate surface area is 100 Å². The minimum Gasteiger partial charge on any atom is -0.340 e. The van der Waals surface area contributed by atoms with Crippen molar-refractivity contribution in [3.8, 4) is 0 Å². The first-order chi connectivity index (χ1) is 8.06. The number of benzene rings is 1. The van der Waals surface area contributed by atoms with Crippen LogP contribution in [-0.2, 0) is 7.05 Å². The van der Waals surface area contributed by atoms with Crippen LogP contribution in [0.3, 0.4) is 0 Å². The van der Waals surface area contributed by atoms with Crippen molar-refractivity contribution in [1.29, 1.82) is 0 Å². The van der Waals surface area contributed by atoms with Gasteiger partial charge < -0.3 is 5.32 Å². The number of H-pyrrole nitrogens is 1. The van der Waals surface area contributed by atoms with E-state index in [4.69, 9.17) is 0 Å². The second-order valence-electron chi connectivity index (χ2n) is 4.47. The Bertz CT molecular complexity index is 549. The average molecular weight is 231 g/mol. The molecule has 0 aliphatic carbocycles. The molecule has 4 nitrogen and oxygen atoms in total. The number of nitrogens with one attached hydrogen (secondary N) is 2. The molecule has 0 saturated heterocycles. The van der Waals surface area contributed by atoms with Crippen LogP contribution in [0.25, 0.3) is 0 Å². The van der Waals surface area contributed by atoms with Crippen LogP contribution in [0.1, 0.15) is 25.3 Å². The number of hydrogen-bond donors (Lipinski definition) is 2. The topological polar surface area (TPSA) is 49.8 Å². The second kappa shape index (κ2) is 4.49. The number of hydrogen-bond acceptors (Lipinski definition) is 2. The number of nitrogens with zero attached hydrogens (tertiary/aromatic N) is 1. The lowest BCUT2D eigenvalue weighted by Crippen LogP contribution is -2.02. The van der Waals surface area contributed by atoms with Crippen molar-refractivity contribution in [2.75, 3.05) is 5.32 Å². The first-order valence-corrected chi connectivity index (χ1v) is 5.69. The van der Waals surface area contributed by atoms with Crippen molar-refractivity contribution >= 4 is 11.5 Å². The van der Waals surface area contributed by atoms with Crippen LogP contribution in [0, 0.1) is 0 Å². The molecule has 90 valence electrons. The molecule has 1 aromatic carbocycles. The minimum absolute atomic E-state index is 0.103. The minimum atomic E-state index is -0.103. The molecule has 2 aromatic rings. The lowest BCUT2D eigenvalue weighted by atomic mass is 10.0. The first kappa shape index (κ1) is 11.5. The SMILES string of the molecule is CC(C)c1ccc(Nc2cc(=O)[nH]n2C)cc1. The van der Waals surface area contributed by atoms with E-state index in [2.05, 4.69) is 36.4 Å². The highest BCUT2D eigenvalue weighted by Crippen LogP contribution is 2.19. The van der Waals surface area contributed by atoms with E-state index in [9.17, 15) is 4.79 Å². The standard InChI is InChI=1S/C13H17N3O/c1-9(2)10-4-6-11(7-5-10)14-12-8-13(17)15-16(12)3/h4-9,14H,1-3H3,(H,15,17). The third-order valence-corrected chi connectivity index (χ3v) is 2.76. The van der Waals surface area contributed by atoms with Gasteiger partial charge in [-0.05, 0) is 23.6 Å². The number of aromatic nitrogens is 2. The first-order valence-electron chi connectivity index (χ1n) is 5.69. The molecule has 0 fully saturated rings. The molecular weight excluding hydrogens is 214 g/mol. The van der Waals surface area contributed by atoms with E-state index >= 15 is 0 Å². The molecule has 0 bridgehead atoms. The van der Waals surface area contributed by atoms with Crippen molar-refractivity contribution in [2.45, 2.75) is 19.8 Å². The summed E-state index contributed by atoms with van der Waals surface area (Å²) < 4.78 is 1.67. The highest BCUT2D eigenvalue weighted by molar-refractivity contribution is 5.56. The van der Waals surface area contributed by atoms with Gasteiger partial charge in [-0.2, -0.15) is 0 Å². The molecule has 0 atom stereocenters. The molecule has 0 amide bonds. The van der Waals surface area contributed by atoms with E-state index < -0.39 is 0 Å². The molecule has 2 N–H and O–H groups in total. The van der Waals surface area contributed by atoms with E-state index in [1.165, 1.54) is 11.6 Å². The largest absolute Gasteiger partial charge is 0.340 e. The zero-order chi connectivity index (χ0) is 12.4. The van der Waals surface area contributed by atoms with Gasteiger partial charge in [-0.3, -0.25) is 14.6 Å². The molecular formula is C13H17N3O. The van der Waals surface area contributed by atoms with Gasteiger partial charge in [0.1, 0.15) is 5.82 Å². The lowest BCUT2D eigenvalue weighted by Gasteiger charge is -2.09. The van der Waals surface area contributed by atoms with Gasteiger partial charge in [0.05, 0.1) is 0 Å². The Kier molecular flexibility index (Phi) is 3.04. The molecule has 0 unspecified atom stereocenters. The maximum absolute atomic E-state index is 11.1. The summed E-state index contributed by atoms with van der Waals surface area (Å²) >= 11 is 0. The van der Waals surface area contributed by atoms with Gasteiger partial charge in [-0.25, -0.2) is 0 Å². The number of aromatic amines is 1. The van der Waals surface area contributed by atoms with Crippen LogP contribution < -0.4 is 10.9 Å². The maximum atomic E-state index is 11.1. The van der Waals surface area contributed by atoms with Gasteiger partial charge in [0, 0.05) is 18.8 Å². The van der Waals surface area contributed by atoms with Gasteiger partial charge in [-0.1, -0.05) is 26.0 Å². The monoisotopic (exact) mass is 231 g/mol. The zero-order valence-corrected chi connectivity index (χ0v) is 10.3. The van der Waals surface area contributed by atoms with Crippen LogP contribution in [-0.4, -0.2) is 9.78 Å². The molecule has 17 heavy (non-hydrogen) atoms. The number of rotatable bonds is 3. The van der Waals surface area contributed by atoms with E-state index in [1.54, 1.807) is 11.7 Å². The fraction of sp³-hybridized carbons (Fsp3) is 0.308. The highest BCUT2D eigenvalue weighted by atomic mass is 16.1. The fourth-order valence-electron chi connectivity index (χ4n) is 1.70. The fourth-order valence-corrected chi connectivity index (χ4v) is 1.70. The molecule has 0 aliphatic rings. The van der Waals surface area contributed by atoms with Gasteiger partial charge in [0.25, 0.3) is 5.56 Å². The Morgan fingerprint density at radius 3 is 2.35 bits per heavy atom. The molecule has 0 aliphatic heterocycles. The third-order valence-electron chi connectivity index (χ3n) is 2.76. The molecule has 0 spiro atoms. The summed E-state index contributed by atoms with van der Waals surface area (Å²) in [6.45, 7) is 4.33. The Balaban J connectivity index is 2.19. The van der Waals surface area contributed by atoms with Crippen molar-refractivity contribution in [2.24, 2.45) is 7.05 Å².